The van der Waals surface area contributed by atoms with Gasteiger partial charge in [-0.25, -0.2) is 9.18 Å². The van der Waals surface area contributed by atoms with Gasteiger partial charge in [-0.1, -0.05) is 11.3 Å². The summed E-state index contributed by atoms with van der Waals surface area (Å²) in [5, 5.41) is 12.0. The first kappa shape index (κ1) is 24.3. The zero-order valence-electron chi connectivity index (χ0n) is 19.5. The van der Waals surface area contributed by atoms with E-state index in [-0.39, 0.29) is 6.54 Å². The molecular formula is C23H25FN6O4S. The molecule has 0 saturated carbocycles. The third-order valence-electron chi connectivity index (χ3n) is 5.90. The van der Waals surface area contributed by atoms with E-state index < -0.39 is 23.1 Å². The van der Waals surface area contributed by atoms with Crippen LogP contribution in [-0.4, -0.2) is 44.2 Å². The zero-order valence-corrected chi connectivity index (χ0v) is 20.3. The normalized spacial score (nSPS) is 12.1. The van der Waals surface area contributed by atoms with Crippen LogP contribution < -0.4 is 21.3 Å². The van der Waals surface area contributed by atoms with Crippen molar-refractivity contribution in [3.05, 3.63) is 68.4 Å². The third kappa shape index (κ3) is 4.61. The summed E-state index contributed by atoms with van der Waals surface area (Å²) in [6.07, 6.45) is 4.35. The SMILES string of the molecule is COc1ccc(F)cc1CCn1c(=O)n([C@H](C)CCNC=O)c(=O)c2c(C)c(-n3nccn3)sc21. The highest BCUT2D eigenvalue weighted by molar-refractivity contribution is 7.21. The number of carbonyl (C=O) groups excluding carboxylic acids is 1. The van der Waals surface area contributed by atoms with Gasteiger partial charge in [0.2, 0.25) is 6.41 Å². The van der Waals surface area contributed by atoms with E-state index >= 15 is 0 Å². The third-order valence-corrected chi connectivity index (χ3v) is 7.18. The first-order chi connectivity index (χ1) is 16.9. The Bertz CT molecular complexity index is 1470. The summed E-state index contributed by atoms with van der Waals surface area (Å²) in [5.41, 5.74) is 0.388. The van der Waals surface area contributed by atoms with Crippen LogP contribution in [-0.2, 0) is 17.8 Å². The number of thiophene rings is 1. The number of aromatic nitrogens is 5. The van der Waals surface area contributed by atoms with E-state index in [0.717, 1.165) is 0 Å². The highest BCUT2D eigenvalue weighted by Gasteiger charge is 2.23. The summed E-state index contributed by atoms with van der Waals surface area (Å²) in [7, 11) is 1.50. The van der Waals surface area contributed by atoms with Crippen molar-refractivity contribution >= 4 is 28.0 Å². The number of aryl methyl sites for hydroxylation is 3. The second-order valence-electron chi connectivity index (χ2n) is 8.06. The molecule has 4 rings (SSSR count). The number of methoxy groups -OCH3 is 1. The first-order valence-corrected chi connectivity index (χ1v) is 11.8. The molecule has 1 amide bonds. The first-order valence-electron chi connectivity index (χ1n) is 11.0. The number of nitrogens with zero attached hydrogens (tertiary/aromatic N) is 5. The zero-order chi connectivity index (χ0) is 25.1. The van der Waals surface area contributed by atoms with Gasteiger partial charge in [0, 0.05) is 24.7 Å². The van der Waals surface area contributed by atoms with Gasteiger partial charge < -0.3 is 10.1 Å². The summed E-state index contributed by atoms with van der Waals surface area (Å²) in [6, 6.07) is 3.77. The molecule has 1 aromatic carbocycles. The lowest BCUT2D eigenvalue weighted by Crippen LogP contribution is -2.42. The van der Waals surface area contributed by atoms with Gasteiger partial charge in [-0.15, -0.1) is 4.80 Å². The molecule has 1 atom stereocenters. The van der Waals surface area contributed by atoms with Gasteiger partial charge in [0.05, 0.1) is 24.9 Å². The average molecular weight is 501 g/mol. The molecule has 1 N–H and O–H groups in total. The summed E-state index contributed by atoms with van der Waals surface area (Å²) < 4.78 is 22.0. The second kappa shape index (κ2) is 10.2. The van der Waals surface area contributed by atoms with Crippen LogP contribution in [0.25, 0.3) is 15.2 Å². The molecule has 0 aliphatic carbocycles. The summed E-state index contributed by atoms with van der Waals surface area (Å²) >= 11 is 1.25. The highest BCUT2D eigenvalue weighted by Crippen LogP contribution is 2.31. The van der Waals surface area contributed by atoms with E-state index in [1.54, 1.807) is 19.9 Å². The van der Waals surface area contributed by atoms with E-state index in [0.29, 0.717) is 57.9 Å². The molecule has 0 aliphatic rings. The predicted octanol–water partition coefficient (Wildman–Crippen LogP) is 2.20. The van der Waals surface area contributed by atoms with Crippen LogP contribution in [0.5, 0.6) is 5.75 Å². The Labute approximate surface area is 203 Å². The van der Waals surface area contributed by atoms with Gasteiger partial charge in [0.25, 0.3) is 5.56 Å². The van der Waals surface area contributed by atoms with E-state index in [9.17, 15) is 18.8 Å². The smallest absolute Gasteiger partial charge is 0.332 e. The van der Waals surface area contributed by atoms with Gasteiger partial charge in [-0.2, -0.15) is 10.2 Å². The number of halogens is 1. The van der Waals surface area contributed by atoms with Crippen LogP contribution in [0.1, 0.15) is 30.5 Å². The number of ether oxygens (including phenoxy) is 1. The van der Waals surface area contributed by atoms with Crippen LogP contribution >= 0.6 is 11.3 Å². The van der Waals surface area contributed by atoms with Crippen LogP contribution in [0.4, 0.5) is 4.39 Å². The van der Waals surface area contributed by atoms with Crippen LogP contribution in [0.3, 0.4) is 0 Å². The molecule has 0 unspecified atom stereocenters. The number of nitrogens with one attached hydrogen (secondary N) is 1. The van der Waals surface area contributed by atoms with Crippen molar-refractivity contribution in [2.75, 3.05) is 13.7 Å². The molecule has 0 fully saturated rings. The number of carbonyl (C=O) groups is 1. The molecule has 0 bridgehead atoms. The Kier molecular flexibility index (Phi) is 7.10. The van der Waals surface area contributed by atoms with Gasteiger partial charge >= 0.3 is 5.69 Å². The Morgan fingerprint density at radius 1 is 1.26 bits per heavy atom. The summed E-state index contributed by atoms with van der Waals surface area (Å²) in [5.74, 6) is 0.111. The molecule has 0 radical (unpaired) electrons. The minimum atomic E-state index is -0.474. The van der Waals surface area contributed by atoms with Crippen molar-refractivity contribution in [3.8, 4) is 10.8 Å². The molecular weight excluding hydrogens is 475 g/mol. The summed E-state index contributed by atoms with van der Waals surface area (Å²) in [6.45, 7) is 4.08. The number of benzene rings is 1. The molecule has 0 saturated heterocycles. The molecule has 4 aromatic rings. The van der Waals surface area contributed by atoms with Crippen molar-refractivity contribution < 1.29 is 13.9 Å². The monoisotopic (exact) mass is 500 g/mol. The molecule has 12 heteroatoms. The fourth-order valence-corrected chi connectivity index (χ4v) is 5.34. The van der Waals surface area contributed by atoms with E-state index in [2.05, 4.69) is 15.5 Å². The maximum Gasteiger partial charge on any atom is 0.332 e. The maximum absolute atomic E-state index is 13.9. The second-order valence-corrected chi connectivity index (χ2v) is 9.03. The lowest BCUT2D eigenvalue weighted by atomic mass is 10.1. The van der Waals surface area contributed by atoms with Gasteiger partial charge in [-0.05, 0) is 50.5 Å². The minimum absolute atomic E-state index is 0.195. The largest absolute Gasteiger partial charge is 0.496 e. The Morgan fingerprint density at radius 2 is 2.00 bits per heavy atom. The van der Waals surface area contributed by atoms with Crippen molar-refractivity contribution in [3.63, 3.8) is 0 Å². The molecule has 3 heterocycles. The molecule has 0 aliphatic heterocycles. The Balaban J connectivity index is 1.88. The number of hydrogen-bond acceptors (Lipinski definition) is 7. The fourth-order valence-electron chi connectivity index (χ4n) is 4.10. The number of rotatable bonds is 10. The van der Waals surface area contributed by atoms with E-state index in [4.69, 9.17) is 4.74 Å². The maximum atomic E-state index is 13.9. The molecule has 3 aromatic heterocycles. The lowest BCUT2D eigenvalue weighted by Gasteiger charge is -2.18. The fraction of sp³-hybridized carbons (Fsp3) is 0.348. The van der Waals surface area contributed by atoms with Gasteiger partial charge in [0.1, 0.15) is 21.4 Å². The topological polar surface area (TPSA) is 113 Å². The van der Waals surface area contributed by atoms with Gasteiger partial charge in [-0.3, -0.25) is 18.7 Å². The van der Waals surface area contributed by atoms with Crippen molar-refractivity contribution in [2.45, 2.75) is 39.3 Å². The van der Waals surface area contributed by atoms with Crippen LogP contribution in [0, 0.1) is 12.7 Å². The standard InChI is InChI=1S/C23H25FN6O4S/c1-14(6-8-25-13-31)29-20(32)19-15(2)21(30-26-9-10-27-30)35-22(19)28(23(29)33)11-7-16-12-17(24)4-5-18(16)34-3/h4-5,9-10,12-14H,6-8,11H2,1-3H3,(H,25,31)/t14-/m1/s1. The van der Waals surface area contributed by atoms with Crippen LogP contribution in [0.15, 0.2) is 40.2 Å². The predicted molar refractivity (Wildman–Crippen MR) is 130 cm³/mol. The van der Waals surface area contributed by atoms with Crippen molar-refractivity contribution in [1.82, 2.24) is 29.4 Å². The molecule has 35 heavy (non-hydrogen) atoms. The van der Waals surface area contributed by atoms with Crippen molar-refractivity contribution in [2.24, 2.45) is 0 Å². The molecule has 184 valence electrons. The Hall–Kier alpha value is -3.80. The Morgan fingerprint density at radius 3 is 2.69 bits per heavy atom. The minimum Gasteiger partial charge on any atom is -0.496 e. The van der Waals surface area contributed by atoms with E-state index in [1.807, 2.05) is 0 Å². The lowest BCUT2D eigenvalue weighted by molar-refractivity contribution is -0.109. The molecule has 0 spiro atoms. The summed E-state index contributed by atoms with van der Waals surface area (Å²) in [4.78, 5) is 39.7. The van der Waals surface area contributed by atoms with Crippen LogP contribution in [0.2, 0.25) is 0 Å². The molecule has 10 nitrogen and oxygen atoms in total. The average Bonchev–Trinajstić information content (AvgIpc) is 3.47. The number of fused-ring (bicyclic) bond motifs is 1. The van der Waals surface area contributed by atoms with Crippen molar-refractivity contribution in [1.29, 1.82) is 0 Å². The quantitative estimate of drug-likeness (QED) is 0.264. The number of hydrogen-bond donors (Lipinski definition) is 1. The highest BCUT2D eigenvalue weighted by atomic mass is 32.1. The van der Waals surface area contributed by atoms with Gasteiger partial charge in [0.15, 0.2) is 0 Å². The van der Waals surface area contributed by atoms with E-state index in [1.165, 1.54) is 56.9 Å². The number of amides is 1.